The lowest BCUT2D eigenvalue weighted by molar-refractivity contribution is -0.139. The number of nitrogens with one attached hydrogen (secondary N) is 1. The van der Waals surface area contributed by atoms with Crippen LogP contribution in [0.4, 0.5) is 0 Å². The number of carboxylic acid groups (broad SMARTS) is 1. The summed E-state index contributed by atoms with van der Waals surface area (Å²) in [5.41, 5.74) is 2.41. The Bertz CT molecular complexity index is 1550. The maximum atomic E-state index is 13.3. The highest BCUT2D eigenvalue weighted by Gasteiger charge is 2.24. The van der Waals surface area contributed by atoms with Crippen molar-refractivity contribution in [3.05, 3.63) is 87.4 Å². The van der Waals surface area contributed by atoms with Gasteiger partial charge in [0.1, 0.15) is 23.2 Å². The molecule has 2 N–H and O–H groups in total. The number of thiophene rings is 1. The van der Waals surface area contributed by atoms with Crippen LogP contribution in [0.1, 0.15) is 78.0 Å². The fourth-order valence-corrected chi connectivity index (χ4v) is 6.44. The molecule has 1 aliphatic rings. The molecule has 0 radical (unpaired) electrons. The summed E-state index contributed by atoms with van der Waals surface area (Å²) < 4.78 is 6.22. The molecule has 2 aromatic carbocycles. The molecule has 1 atom stereocenters. The van der Waals surface area contributed by atoms with Gasteiger partial charge in [-0.2, -0.15) is 0 Å². The molecule has 7 heteroatoms. The molecule has 4 aromatic rings. The van der Waals surface area contributed by atoms with Crippen LogP contribution in [0.3, 0.4) is 0 Å². The number of nitrogens with zero attached hydrogens (tertiary/aromatic N) is 1. The molecule has 41 heavy (non-hydrogen) atoms. The Labute approximate surface area is 245 Å². The summed E-state index contributed by atoms with van der Waals surface area (Å²) in [5, 5.41) is 14.4. The number of amides is 1. The highest BCUT2D eigenvalue weighted by atomic mass is 32.1. The minimum atomic E-state index is -1.06. The van der Waals surface area contributed by atoms with E-state index in [2.05, 4.69) is 38.2 Å². The van der Waals surface area contributed by atoms with Gasteiger partial charge in [0.2, 0.25) is 0 Å². The van der Waals surface area contributed by atoms with E-state index in [4.69, 9.17) is 9.72 Å². The van der Waals surface area contributed by atoms with Gasteiger partial charge in [-0.1, -0.05) is 64.7 Å². The number of carboxylic acids is 1. The molecule has 1 fully saturated rings. The topological polar surface area (TPSA) is 88.5 Å². The first kappa shape index (κ1) is 28.8. The van der Waals surface area contributed by atoms with Crippen LogP contribution >= 0.6 is 11.3 Å². The lowest BCUT2D eigenvalue weighted by Gasteiger charge is -2.19. The number of carbonyl (C=O) groups excluding carboxylic acids is 1. The lowest BCUT2D eigenvalue weighted by atomic mass is 9.87. The van der Waals surface area contributed by atoms with E-state index in [1.165, 1.54) is 29.7 Å². The van der Waals surface area contributed by atoms with Gasteiger partial charge in [-0.25, -0.2) is 9.78 Å². The van der Waals surface area contributed by atoms with Crippen molar-refractivity contribution in [1.29, 1.82) is 0 Å². The third-order valence-electron chi connectivity index (χ3n) is 7.83. The van der Waals surface area contributed by atoms with Crippen molar-refractivity contribution < 1.29 is 19.4 Å². The second-order valence-electron chi connectivity index (χ2n) is 12.1. The predicted molar refractivity (Wildman–Crippen MR) is 164 cm³/mol. The van der Waals surface area contributed by atoms with Crippen molar-refractivity contribution in [3.63, 3.8) is 0 Å². The smallest absolute Gasteiger partial charge is 0.326 e. The van der Waals surface area contributed by atoms with Gasteiger partial charge >= 0.3 is 5.97 Å². The zero-order valence-corrected chi connectivity index (χ0v) is 25.0. The Morgan fingerprint density at radius 3 is 2.37 bits per heavy atom. The van der Waals surface area contributed by atoms with E-state index in [1.807, 2.05) is 49.4 Å². The summed E-state index contributed by atoms with van der Waals surface area (Å²) in [5.74, 6) is 0.463. The lowest BCUT2D eigenvalue weighted by Crippen LogP contribution is -2.42. The van der Waals surface area contributed by atoms with Gasteiger partial charge in [0, 0.05) is 27.3 Å². The third kappa shape index (κ3) is 7.14. The first-order chi connectivity index (χ1) is 19.5. The maximum Gasteiger partial charge on any atom is 0.326 e. The maximum absolute atomic E-state index is 13.3. The number of aliphatic carboxylic acids is 1. The van der Waals surface area contributed by atoms with Crippen molar-refractivity contribution in [3.8, 4) is 11.5 Å². The number of hydrogen-bond donors (Lipinski definition) is 2. The van der Waals surface area contributed by atoms with Crippen molar-refractivity contribution in [2.75, 3.05) is 0 Å². The first-order valence-electron chi connectivity index (χ1n) is 14.4. The first-order valence-corrected chi connectivity index (χ1v) is 15.2. The summed E-state index contributed by atoms with van der Waals surface area (Å²) >= 11 is 1.54. The second-order valence-corrected chi connectivity index (χ2v) is 13.5. The Hall–Kier alpha value is -3.71. The van der Waals surface area contributed by atoms with Crippen molar-refractivity contribution in [2.24, 2.45) is 5.92 Å². The Morgan fingerprint density at radius 2 is 1.73 bits per heavy atom. The Balaban J connectivity index is 1.42. The number of aryl methyl sites for hydroxylation is 1. The zero-order chi connectivity index (χ0) is 29.1. The van der Waals surface area contributed by atoms with E-state index in [0.29, 0.717) is 11.7 Å². The normalized spacial score (nSPS) is 14.7. The molecule has 0 saturated heterocycles. The van der Waals surface area contributed by atoms with Gasteiger partial charge < -0.3 is 15.2 Å². The number of hydrogen-bond acceptors (Lipinski definition) is 5. The molecule has 0 unspecified atom stereocenters. The number of rotatable bonds is 9. The number of aromatic nitrogens is 1. The van der Waals surface area contributed by atoms with Crippen molar-refractivity contribution in [2.45, 2.75) is 77.7 Å². The van der Waals surface area contributed by atoms with Gasteiger partial charge in [0.05, 0.1) is 0 Å². The number of pyridine rings is 1. The van der Waals surface area contributed by atoms with Crippen molar-refractivity contribution in [1.82, 2.24) is 10.3 Å². The van der Waals surface area contributed by atoms with E-state index >= 15 is 0 Å². The standard InChI is InChI=1S/C34H38N2O4S/c1-21-9-16-27(41-21)20-31(33(38)39)36-32(37)30-18-23-10-13-26(40-25-14-11-24(12-15-25)34(2,3)4)19-28(23)29(35-30)17-22-7-5-6-8-22/h9-16,18-19,22,31H,5-8,17,20H2,1-4H3,(H,36,37)(H,38,39)/t31-/m0/s1. The number of fused-ring (bicyclic) bond motifs is 1. The van der Waals surface area contributed by atoms with Gasteiger partial charge in [-0.05, 0) is 78.1 Å². The number of ether oxygens (including phenoxy) is 1. The van der Waals surface area contributed by atoms with Crippen molar-refractivity contribution >= 4 is 34.0 Å². The molecular formula is C34H38N2O4S. The summed E-state index contributed by atoms with van der Waals surface area (Å²) in [7, 11) is 0. The van der Waals surface area contributed by atoms with Gasteiger partial charge in [0.25, 0.3) is 5.91 Å². The van der Waals surface area contributed by atoms with Gasteiger partial charge in [-0.15, -0.1) is 11.3 Å². The quantitative estimate of drug-likeness (QED) is 0.214. The average Bonchev–Trinajstić information content (AvgIpc) is 3.59. The van der Waals surface area contributed by atoms with Crippen LogP contribution in [-0.2, 0) is 23.1 Å². The highest BCUT2D eigenvalue weighted by molar-refractivity contribution is 7.11. The minimum Gasteiger partial charge on any atom is -0.480 e. The molecule has 2 heterocycles. The number of benzene rings is 2. The van der Waals surface area contributed by atoms with E-state index < -0.39 is 17.9 Å². The monoisotopic (exact) mass is 570 g/mol. The third-order valence-corrected chi connectivity index (χ3v) is 8.86. The molecule has 0 aliphatic heterocycles. The predicted octanol–water partition coefficient (Wildman–Crippen LogP) is 7.85. The zero-order valence-electron chi connectivity index (χ0n) is 24.2. The van der Waals surface area contributed by atoms with Gasteiger partial charge in [0.15, 0.2) is 0 Å². The molecule has 214 valence electrons. The Morgan fingerprint density at radius 1 is 1.02 bits per heavy atom. The van der Waals surface area contributed by atoms with E-state index in [0.717, 1.165) is 51.2 Å². The Kier molecular flexibility index (Phi) is 8.45. The molecule has 2 aromatic heterocycles. The molecule has 1 saturated carbocycles. The largest absolute Gasteiger partial charge is 0.480 e. The van der Waals surface area contributed by atoms with Crippen LogP contribution in [0, 0.1) is 12.8 Å². The van der Waals surface area contributed by atoms with Crippen LogP contribution in [0.25, 0.3) is 10.8 Å². The molecule has 6 nitrogen and oxygen atoms in total. The van der Waals surface area contributed by atoms with Crippen LogP contribution < -0.4 is 10.1 Å². The molecular weight excluding hydrogens is 532 g/mol. The molecule has 1 amide bonds. The van der Waals surface area contributed by atoms with Crippen LogP contribution in [0.2, 0.25) is 0 Å². The fraction of sp³-hybridized carbons (Fsp3) is 0.382. The summed E-state index contributed by atoms with van der Waals surface area (Å²) in [6, 6.07) is 18.6. The second kappa shape index (κ2) is 12.0. The van der Waals surface area contributed by atoms with E-state index in [9.17, 15) is 14.7 Å². The molecule has 1 aliphatic carbocycles. The average molecular weight is 571 g/mol. The fourth-order valence-electron chi connectivity index (χ4n) is 5.51. The van der Waals surface area contributed by atoms with Crippen LogP contribution in [-0.4, -0.2) is 28.0 Å². The highest BCUT2D eigenvalue weighted by Crippen LogP contribution is 2.33. The molecule has 0 bridgehead atoms. The van der Waals surface area contributed by atoms with E-state index in [1.54, 1.807) is 6.07 Å². The number of carbonyl (C=O) groups is 2. The summed E-state index contributed by atoms with van der Waals surface area (Å²) in [6.45, 7) is 8.54. The summed E-state index contributed by atoms with van der Waals surface area (Å²) in [6.07, 6.45) is 5.74. The van der Waals surface area contributed by atoms with E-state index in [-0.39, 0.29) is 17.5 Å². The molecule has 5 rings (SSSR count). The minimum absolute atomic E-state index is 0.0692. The summed E-state index contributed by atoms with van der Waals surface area (Å²) in [4.78, 5) is 32.2. The van der Waals surface area contributed by atoms with Crippen LogP contribution in [0.5, 0.6) is 11.5 Å². The SMILES string of the molecule is Cc1ccc(C[C@H](NC(=O)c2cc3ccc(Oc4ccc(C(C)(C)C)cc4)cc3c(CC3CCCC3)n2)C(=O)O)s1. The molecule has 0 spiro atoms. The van der Waals surface area contributed by atoms with Gasteiger partial charge in [-0.3, -0.25) is 4.79 Å². The van der Waals surface area contributed by atoms with Crippen LogP contribution in [0.15, 0.2) is 60.7 Å².